The van der Waals surface area contributed by atoms with E-state index in [1.165, 1.54) is 0 Å². The fraction of sp³-hybridized carbons (Fsp3) is 0.409. The highest BCUT2D eigenvalue weighted by Gasteiger charge is 2.37. The highest BCUT2D eigenvalue weighted by molar-refractivity contribution is 5.78. The number of carbonyl (C=O) groups excluding carboxylic acids is 1. The molecule has 4 rings (SSSR count). The predicted octanol–water partition coefficient (Wildman–Crippen LogP) is 3.56. The minimum Gasteiger partial charge on any atom is -0.486 e. The number of rotatable bonds is 6. The van der Waals surface area contributed by atoms with Crippen LogP contribution < -0.4 is 14.8 Å². The lowest BCUT2D eigenvalue weighted by Crippen LogP contribution is -2.45. The number of fused-ring (bicyclic) bond motifs is 1. The van der Waals surface area contributed by atoms with E-state index in [9.17, 15) is 4.79 Å². The lowest BCUT2D eigenvalue weighted by Gasteiger charge is -2.32. The Kier molecular flexibility index (Phi) is 5.30. The van der Waals surface area contributed by atoms with Gasteiger partial charge in [-0.25, -0.2) is 0 Å². The summed E-state index contributed by atoms with van der Waals surface area (Å²) < 4.78 is 16.9. The number of ether oxygens (including phenoxy) is 3. The molecule has 1 N–H and O–H groups in total. The zero-order valence-corrected chi connectivity index (χ0v) is 15.4. The molecule has 0 radical (unpaired) electrons. The van der Waals surface area contributed by atoms with Gasteiger partial charge in [0.25, 0.3) is 0 Å². The van der Waals surface area contributed by atoms with E-state index >= 15 is 0 Å². The summed E-state index contributed by atoms with van der Waals surface area (Å²) in [5, 5.41) is 3.24. The summed E-state index contributed by atoms with van der Waals surface area (Å²) in [6.07, 6.45) is 4.05. The molecule has 1 aliphatic carbocycles. The van der Waals surface area contributed by atoms with Gasteiger partial charge in [-0.05, 0) is 36.1 Å². The van der Waals surface area contributed by atoms with Gasteiger partial charge in [-0.2, -0.15) is 0 Å². The van der Waals surface area contributed by atoms with Crippen LogP contribution in [0.25, 0.3) is 0 Å². The standard InChI is InChI=1S/C22H25NO4/c24-21(16-25-15-17-6-2-1-3-7-17)23-22(10-4-5-11-22)18-8-9-19-20(14-18)27-13-12-26-19/h1-3,6-9,14H,4-5,10-13,15-16H2,(H,23,24). The summed E-state index contributed by atoms with van der Waals surface area (Å²) in [6, 6.07) is 15.9. The molecule has 2 aromatic rings. The molecular formula is C22H25NO4. The molecular weight excluding hydrogens is 342 g/mol. The molecule has 0 aromatic heterocycles. The van der Waals surface area contributed by atoms with E-state index in [1.54, 1.807) is 0 Å². The first-order valence-corrected chi connectivity index (χ1v) is 9.58. The topological polar surface area (TPSA) is 56.8 Å². The zero-order chi connectivity index (χ0) is 18.5. The number of hydrogen-bond donors (Lipinski definition) is 1. The van der Waals surface area contributed by atoms with Crippen molar-refractivity contribution in [3.63, 3.8) is 0 Å². The van der Waals surface area contributed by atoms with Crippen LogP contribution in [0.5, 0.6) is 11.5 Å². The van der Waals surface area contributed by atoms with Crippen LogP contribution in [-0.2, 0) is 21.7 Å². The van der Waals surface area contributed by atoms with Crippen LogP contribution >= 0.6 is 0 Å². The maximum Gasteiger partial charge on any atom is 0.246 e. The summed E-state index contributed by atoms with van der Waals surface area (Å²) in [7, 11) is 0. The Labute approximate surface area is 159 Å². The Bertz CT molecular complexity index is 784. The molecule has 142 valence electrons. The maximum atomic E-state index is 12.6. The number of benzene rings is 2. The minimum absolute atomic E-state index is 0.0567. The van der Waals surface area contributed by atoms with E-state index in [4.69, 9.17) is 14.2 Å². The van der Waals surface area contributed by atoms with E-state index < -0.39 is 0 Å². The number of hydrogen-bond acceptors (Lipinski definition) is 4. The van der Waals surface area contributed by atoms with Crippen LogP contribution in [0.1, 0.15) is 36.8 Å². The van der Waals surface area contributed by atoms with Gasteiger partial charge in [0.2, 0.25) is 5.91 Å². The number of nitrogens with one attached hydrogen (secondary N) is 1. The highest BCUT2D eigenvalue weighted by Crippen LogP contribution is 2.42. The van der Waals surface area contributed by atoms with Gasteiger partial charge >= 0.3 is 0 Å². The van der Waals surface area contributed by atoms with Crippen molar-refractivity contribution in [2.24, 2.45) is 0 Å². The highest BCUT2D eigenvalue weighted by atomic mass is 16.6. The number of carbonyl (C=O) groups is 1. The van der Waals surface area contributed by atoms with E-state index in [0.717, 1.165) is 48.3 Å². The molecule has 27 heavy (non-hydrogen) atoms. The van der Waals surface area contributed by atoms with Gasteiger partial charge in [-0.1, -0.05) is 49.2 Å². The van der Waals surface area contributed by atoms with Crippen molar-refractivity contribution in [1.82, 2.24) is 5.32 Å². The molecule has 1 heterocycles. The average molecular weight is 367 g/mol. The van der Waals surface area contributed by atoms with E-state index in [2.05, 4.69) is 5.32 Å². The largest absolute Gasteiger partial charge is 0.486 e. The quantitative estimate of drug-likeness (QED) is 0.848. The predicted molar refractivity (Wildman–Crippen MR) is 102 cm³/mol. The average Bonchev–Trinajstić information content (AvgIpc) is 3.18. The SMILES string of the molecule is O=C(COCc1ccccc1)NC1(c2ccc3c(c2)OCCO3)CCCC1. The van der Waals surface area contributed by atoms with Gasteiger partial charge in [-0.15, -0.1) is 0 Å². The zero-order valence-electron chi connectivity index (χ0n) is 15.4. The molecule has 1 amide bonds. The van der Waals surface area contributed by atoms with E-state index in [1.807, 2.05) is 48.5 Å². The molecule has 0 atom stereocenters. The van der Waals surface area contributed by atoms with Crippen molar-refractivity contribution in [1.29, 1.82) is 0 Å². The molecule has 1 aliphatic heterocycles. The summed E-state index contributed by atoms with van der Waals surface area (Å²) in [5.41, 5.74) is 1.80. The van der Waals surface area contributed by atoms with E-state index in [-0.39, 0.29) is 18.1 Å². The smallest absolute Gasteiger partial charge is 0.246 e. The van der Waals surface area contributed by atoms with Gasteiger partial charge in [0.05, 0.1) is 12.1 Å². The molecule has 5 nitrogen and oxygen atoms in total. The van der Waals surface area contributed by atoms with Gasteiger partial charge in [-0.3, -0.25) is 4.79 Å². The number of amides is 1. The van der Waals surface area contributed by atoms with Crippen molar-refractivity contribution in [3.8, 4) is 11.5 Å². The first-order chi connectivity index (χ1) is 13.3. The molecule has 0 bridgehead atoms. The third-order valence-corrected chi connectivity index (χ3v) is 5.28. The molecule has 5 heteroatoms. The summed E-state index contributed by atoms with van der Waals surface area (Å²) in [4.78, 5) is 12.6. The Morgan fingerprint density at radius 1 is 1.00 bits per heavy atom. The van der Waals surface area contributed by atoms with Gasteiger partial charge in [0, 0.05) is 0 Å². The summed E-state index contributed by atoms with van der Waals surface area (Å²) in [6.45, 7) is 1.63. The van der Waals surface area contributed by atoms with Gasteiger partial charge in [0.15, 0.2) is 11.5 Å². The normalized spacial score (nSPS) is 17.5. The Hall–Kier alpha value is -2.53. The molecule has 0 spiro atoms. The first-order valence-electron chi connectivity index (χ1n) is 9.58. The summed E-state index contributed by atoms with van der Waals surface area (Å²) >= 11 is 0. The first kappa shape index (κ1) is 17.9. The van der Waals surface area contributed by atoms with Crippen LogP contribution in [0.4, 0.5) is 0 Å². The van der Waals surface area contributed by atoms with Crippen molar-refractivity contribution in [2.45, 2.75) is 37.8 Å². The minimum atomic E-state index is -0.344. The van der Waals surface area contributed by atoms with E-state index in [0.29, 0.717) is 19.8 Å². The second-order valence-corrected chi connectivity index (χ2v) is 7.17. The van der Waals surface area contributed by atoms with Crippen LogP contribution in [0.2, 0.25) is 0 Å². The second-order valence-electron chi connectivity index (χ2n) is 7.17. The lowest BCUT2D eigenvalue weighted by molar-refractivity contribution is -0.128. The van der Waals surface area contributed by atoms with Crippen molar-refractivity contribution >= 4 is 5.91 Å². The molecule has 1 fully saturated rings. The van der Waals surface area contributed by atoms with Crippen molar-refractivity contribution in [2.75, 3.05) is 19.8 Å². The molecule has 0 saturated heterocycles. The van der Waals surface area contributed by atoms with Crippen LogP contribution in [0.3, 0.4) is 0 Å². The maximum absolute atomic E-state index is 12.6. The molecule has 2 aromatic carbocycles. The Balaban J connectivity index is 1.42. The molecule has 2 aliphatic rings. The Morgan fingerprint density at radius 3 is 2.52 bits per heavy atom. The third kappa shape index (κ3) is 4.08. The molecule has 0 unspecified atom stereocenters. The summed E-state index contributed by atoms with van der Waals surface area (Å²) in [5.74, 6) is 1.46. The van der Waals surface area contributed by atoms with Gasteiger partial charge < -0.3 is 19.5 Å². The lowest BCUT2D eigenvalue weighted by atomic mass is 9.87. The second kappa shape index (κ2) is 8.01. The molecule has 1 saturated carbocycles. The Morgan fingerprint density at radius 2 is 1.74 bits per heavy atom. The van der Waals surface area contributed by atoms with Crippen LogP contribution in [0, 0.1) is 0 Å². The van der Waals surface area contributed by atoms with Gasteiger partial charge in [0.1, 0.15) is 19.8 Å². The monoisotopic (exact) mass is 367 g/mol. The fourth-order valence-electron chi connectivity index (χ4n) is 3.94. The van der Waals surface area contributed by atoms with Crippen molar-refractivity contribution < 1.29 is 19.0 Å². The fourth-order valence-corrected chi connectivity index (χ4v) is 3.94. The van der Waals surface area contributed by atoms with Crippen molar-refractivity contribution in [3.05, 3.63) is 59.7 Å². The third-order valence-electron chi connectivity index (χ3n) is 5.28. The van der Waals surface area contributed by atoms with Crippen LogP contribution in [0.15, 0.2) is 48.5 Å². The van der Waals surface area contributed by atoms with Crippen LogP contribution in [-0.4, -0.2) is 25.7 Å².